The minimum atomic E-state index is 0.791. The van der Waals surface area contributed by atoms with Crippen LogP contribution in [0.4, 0.5) is 0 Å². The van der Waals surface area contributed by atoms with Crippen molar-refractivity contribution in [2.24, 2.45) is 5.92 Å². The number of hydrogen-bond acceptors (Lipinski definition) is 3. The number of benzene rings is 1. The summed E-state index contributed by atoms with van der Waals surface area (Å²) in [5.74, 6) is 1.75. The van der Waals surface area contributed by atoms with E-state index >= 15 is 0 Å². The van der Waals surface area contributed by atoms with Crippen molar-refractivity contribution in [3.63, 3.8) is 0 Å². The van der Waals surface area contributed by atoms with Crippen LogP contribution in [0.1, 0.15) is 31.7 Å². The normalized spacial score (nSPS) is 19.3. The van der Waals surface area contributed by atoms with Gasteiger partial charge in [0.05, 0.1) is 13.1 Å². The Kier molecular flexibility index (Phi) is 6.52. The molecule has 0 atom stereocenters. The molecule has 152 valence electrons. The van der Waals surface area contributed by atoms with E-state index in [4.69, 9.17) is 17.3 Å². The van der Waals surface area contributed by atoms with Crippen LogP contribution in [0.5, 0.6) is 0 Å². The van der Waals surface area contributed by atoms with Crippen molar-refractivity contribution in [3.05, 3.63) is 65.2 Å². The number of pyridine rings is 1. The highest BCUT2D eigenvalue weighted by Crippen LogP contribution is 2.19. The predicted molar refractivity (Wildman–Crippen MR) is 118 cm³/mol. The largest absolute Gasteiger partial charge is 0.316 e. The van der Waals surface area contributed by atoms with E-state index in [0.29, 0.717) is 0 Å². The van der Waals surface area contributed by atoms with Crippen LogP contribution in [0, 0.1) is 10.7 Å². The third-order valence-corrected chi connectivity index (χ3v) is 6.29. The number of likely N-dealkylation sites (tertiary alicyclic amines) is 1. The predicted octanol–water partition coefficient (Wildman–Crippen LogP) is 3.38. The Morgan fingerprint density at radius 2 is 1.79 bits per heavy atom. The Morgan fingerprint density at radius 3 is 2.48 bits per heavy atom. The van der Waals surface area contributed by atoms with Gasteiger partial charge in [0.1, 0.15) is 0 Å². The minimum Gasteiger partial charge on any atom is -0.316 e. The van der Waals surface area contributed by atoms with Gasteiger partial charge >= 0.3 is 0 Å². The van der Waals surface area contributed by atoms with Crippen LogP contribution in [-0.2, 0) is 19.6 Å². The van der Waals surface area contributed by atoms with Crippen molar-refractivity contribution in [1.82, 2.24) is 19.3 Å². The Labute approximate surface area is 178 Å². The lowest BCUT2D eigenvalue weighted by Gasteiger charge is -2.29. The van der Waals surface area contributed by atoms with Gasteiger partial charge in [0.25, 0.3) is 0 Å². The van der Waals surface area contributed by atoms with Gasteiger partial charge in [-0.25, -0.2) is 0 Å². The van der Waals surface area contributed by atoms with E-state index in [1.165, 1.54) is 37.9 Å². The first-order valence-corrected chi connectivity index (χ1v) is 11.1. The second-order valence-corrected chi connectivity index (χ2v) is 8.40. The molecule has 1 aliphatic rings. The summed E-state index contributed by atoms with van der Waals surface area (Å²) in [6.45, 7) is 6.30. The van der Waals surface area contributed by atoms with Crippen LogP contribution in [0.15, 0.2) is 54.9 Å². The molecule has 2 aromatic heterocycles. The molecular formula is C23H30N5S+. The van der Waals surface area contributed by atoms with Gasteiger partial charge in [-0.2, -0.15) is 4.68 Å². The zero-order valence-electron chi connectivity index (χ0n) is 17.1. The number of nitrogens with one attached hydrogen (secondary N) is 1. The van der Waals surface area contributed by atoms with E-state index in [0.717, 1.165) is 41.7 Å². The SMILES string of the molecule is CCCn1c(-c2ccncc2)nn(C[NH+]2CCC(Cc3ccccc3)CC2)c1=S. The summed E-state index contributed by atoms with van der Waals surface area (Å²) in [4.78, 5) is 5.71. The smallest absolute Gasteiger partial charge is 0.203 e. The second kappa shape index (κ2) is 9.46. The van der Waals surface area contributed by atoms with Crippen LogP contribution >= 0.6 is 12.2 Å². The lowest BCUT2D eigenvalue weighted by Crippen LogP contribution is -3.12. The second-order valence-electron chi connectivity index (χ2n) is 8.03. The van der Waals surface area contributed by atoms with Gasteiger partial charge in [-0.3, -0.25) is 9.55 Å². The summed E-state index contributed by atoms with van der Waals surface area (Å²) in [6, 6.07) is 14.9. The monoisotopic (exact) mass is 408 g/mol. The van der Waals surface area contributed by atoms with Crippen LogP contribution in [0.2, 0.25) is 0 Å². The molecule has 1 N–H and O–H groups in total. The molecule has 0 radical (unpaired) electrons. The average molecular weight is 409 g/mol. The number of quaternary nitrogens is 1. The van der Waals surface area contributed by atoms with Gasteiger partial charge < -0.3 is 4.90 Å². The Balaban J connectivity index is 1.43. The van der Waals surface area contributed by atoms with E-state index in [1.807, 2.05) is 29.2 Å². The summed E-state index contributed by atoms with van der Waals surface area (Å²) in [7, 11) is 0. The molecule has 0 saturated carbocycles. The van der Waals surface area contributed by atoms with Gasteiger partial charge in [0, 0.05) is 24.5 Å². The quantitative estimate of drug-likeness (QED) is 0.609. The molecule has 5 nitrogen and oxygen atoms in total. The molecule has 1 aromatic carbocycles. The van der Waals surface area contributed by atoms with E-state index in [2.05, 4.69) is 46.8 Å². The van der Waals surface area contributed by atoms with Gasteiger partial charge in [0.15, 0.2) is 12.5 Å². The lowest BCUT2D eigenvalue weighted by atomic mass is 9.90. The van der Waals surface area contributed by atoms with E-state index in [1.54, 1.807) is 4.90 Å². The van der Waals surface area contributed by atoms with E-state index in [9.17, 15) is 0 Å². The average Bonchev–Trinajstić information content (AvgIpc) is 3.07. The molecule has 1 fully saturated rings. The highest BCUT2D eigenvalue weighted by Gasteiger charge is 2.24. The molecule has 0 amide bonds. The highest BCUT2D eigenvalue weighted by molar-refractivity contribution is 7.71. The lowest BCUT2D eigenvalue weighted by molar-refractivity contribution is -0.929. The fourth-order valence-electron chi connectivity index (χ4n) is 4.29. The molecule has 3 heterocycles. The molecule has 0 bridgehead atoms. The summed E-state index contributed by atoms with van der Waals surface area (Å²) in [6.07, 6.45) is 8.41. The fraction of sp³-hybridized carbons (Fsp3) is 0.435. The van der Waals surface area contributed by atoms with Crippen molar-refractivity contribution < 1.29 is 4.90 Å². The zero-order valence-corrected chi connectivity index (χ0v) is 17.9. The maximum absolute atomic E-state index is 5.79. The maximum Gasteiger partial charge on any atom is 0.203 e. The van der Waals surface area contributed by atoms with Crippen LogP contribution in [0.25, 0.3) is 11.4 Å². The summed E-state index contributed by atoms with van der Waals surface area (Å²) < 4.78 is 5.04. The molecule has 29 heavy (non-hydrogen) atoms. The van der Waals surface area contributed by atoms with Crippen molar-refractivity contribution in [2.75, 3.05) is 13.1 Å². The molecule has 3 aromatic rings. The first-order valence-electron chi connectivity index (χ1n) is 10.7. The molecule has 0 aliphatic carbocycles. The van der Waals surface area contributed by atoms with Crippen molar-refractivity contribution >= 4 is 12.2 Å². The number of aromatic nitrogens is 4. The first-order chi connectivity index (χ1) is 14.2. The van der Waals surface area contributed by atoms with Crippen molar-refractivity contribution in [2.45, 2.75) is 45.8 Å². The van der Waals surface area contributed by atoms with Gasteiger partial charge in [-0.1, -0.05) is 37.3 Å². The van der Waals surface area contributed by atoms with Gasteiger partial charge in [0.2, 0.25) is 4.77 Å². The molecule has 4 rings (SSSR count). The van der Waals surface area contributed by atoms with Crippen molar-refractivity contribution in [3.8, 4) is 11.4 Å². The zero-order chi connectivity index (χ0) is 20.1. The van der Waals surface area contributed by atoms with Crippen molar-refractivity contribution in [1.29, 1.82) is 0 Å². The molecule has 1 aliphatic heterocycles. The Bertz CT molecular complexity index is 956. The molecule has 0 unspecified atom stereocenters. The molecular weight excluding hydrogens is 378 g/mol. The van der Waals surface area contributed by atoms with Crippen LogP contribution in [-0.4, -0.2) is 32.4 Å². The third kappa shape index (κ3) is 4.82. The fourth-order valence-corrected chi connectivity index (χ4v) is 4.57. The summed E-state index contributed by atoms with van der Waals surface area (Å²) in [5, 5.41) is 4.91. The van der Waals surface area contributed by atoms with Gasteiger partial charge in [-0.05, 0) is 61.5 Å². The minimum absolute atomic E-state index is 0.791. The van der Waals surface area contributed by atoms with Gasteiger partial charge in [-0.15, -0.1) is 5.10 Å². The van der Waals surface area contributed by atoms with E-state index in [-0.39, 0.29) is 0 Å². The molecule has 0 spiro atoms. The van der Waals surface area contributed by atoms with Crippen LogP contribution in [0.3, 0.4) is 0 Å². The number of piperidine rings is 1. The first kappa shape index (κ1) is 20.0. The third-order valence-electron chi connectivity index (χ3n) is 5.86. The summed E-state index contributed by atoms with van der Waals surface area (Å²) >= 11 is 5.79. The summed E-state index contributed by atoms with van der Waals surface area (Å²) in [5.41, 5.74) is 2.54. The van der Waals surface area contributed by atoms with E-state index < -0.39 is 0 Å². The molecule has 1 saturated heterocycles. The Hall–Kier alpha value is -2.31. The van der Waals surface area contributed by atoms with Crippen LogP contribution < -0.4 is 4.90 Å². The number of nitrogens with zero attached hydrogens (tertiary/aromatic N) is 4. The standard InChI is InChI=1S/C23H29N5S/c1-2-14-27-22(21-8-12-24-13-9-21)25-28(23(27)29)18-26-15-10-20(11-16-26)17-19-6-4-3-5-7-19/h3-9,12-13,20H,2,10-11,14-18H2,1H3/p+1. The maximum atomic E-state index is 5.79. The Morgan fingerprint density at radius 1 is 1.07 bits per heavy atom. The topological polar surface area (TPSA) is 40.1 Å². The number of rotatable bonds is 7. The molecule has 6 heteroatoms. The number of hydrogen-bond donors (Lipinski definition) is 1. The highest BCUT2D eigenvalue weighted by atomic mass is 32.1.